The van der Waals surface area contributed by atoms with Gasteiger partial charge < -0.3 is 10.2 Å². The molecular formula is C18H23BN2O. The Labute approximate surface area is 133 Å². The molecule has 5 rings (SSSR count). The van der Waals surface area contributed by atoms with Gasteiger partial charge in [0.15, 0.2) is 0 Å². The van der Waals surface area contributed by atoms with Gasteiger partial charge >= 0.3 is 0 Å². The number of carbonyl (C=O) groups is 1. The number of anilines is 1. The summed E-state index contributed by atoms with van der Waals surface area (Å²) in [5.74, 6) is 2.19. The minimum atomic E-state index is 0.0846. The molecule has 2 atom stereocenters. The Morgan fingerprint density at radius 2 is 1.77 bits per heavy atom. The van der Waals surface area contributed by atoms with Crippen molar-refractivity contribution >= 4 is 19.4 Å². The Morgan fingerprint density at radius 3 is 2.36 bits per heavy atom. The number of rotatable bonds is 2. The van der Waals surface area contributed by atoms with E-state index in [1.165, 1.54) is 30.5 Å². The highest BCUT2D eigenvalue weighted by Crippen LogP contribution is 2.47. The molecule has 1 saturated carbocycles. The molecule has 1 aliphatic carbocycles. The van der Waals surface area contributed by atoms with Crippen molar-refractivity contribution in [2.75, 3.05) is 25.0 Å². The first-order valence-corrected chi connectivity index (χ1v) is 8.41. The van der Waals surface area contributed by atoms with Crippen LogP contribution in [-0.2, 0) is 4.79 Å². The van der Waals surface area contributed by atoms with E-state index in [-0.39, 0.29) is 5.91 Å². The number of nitrogens with zero attached hydrogens (tertiary/aromatic N) is 1. The van der Waals surface area contributed by atoms with Crippen LogP contribution < -0.4 is 5.32 Å². The summed E-state index contributed by atoms with van der Waals surface area (Å²) in [6.45, 7) is 5.67. The maximum Gasteiger partial charge on any atom is 0.241 e. The molecule has 3 nitrogen and oxygen atoms in total. The highest BCUT2D eigenvalue weighted by atomic mass is 16.1. The minimum Gasteiger partial charge on any atom is -0.323 e. The Morgan fingerprint density at radius 1 is 1.14 bits per heavy atom. The van der Waals surface area contributed by atoms with E-state index in [0.29, 0.717) is 11.8 Å². The van der Waals surface area contributed by atoms with E-state index in [9.17, 15) is 4.79 Å². The molecule has 0 aromatic heterocycles. The SMILES string of the molecule is BC(C(=O)Nc1ccc(C)cc1)=C1C2CC3CC1CN(C3)C2. The molecule has 4 bridgehead atoms. The van der Waals surface area contributed by atoms with Crippen LogP contribution in [0.25, 0.3) is 0 Å². The van der Waals surface area contributed by atoms with Crippen LogP contribution in [0.3, 0.4) is 0 Å². The van der Waals surface area contributed by atoms with Crippen molar-refractivity contribution in [1.82, 2.24) is 4.90 Å². The van der Waals surface area contributed by atoms with Crippen molar-refractivity contribution in [1.29, 1.82) is 0 Å². The molecule has 3 aliphatic heterocycles. The van der Waals surface area contributed by atoms with Gasteiger partial charge in [-0.3, -0.25) is 4.79 Å². The van der Waals surface area contributed by atoms with Crippen LogP contribution in [0.4, 0.5) is 5.69 Å². The highest BCUT2D eigenvalue weighted by molar-refractivity contribution is 6.39. The smallest absolute Gasteiger partial charge is 0.241 e. The lowest BCUT2D eigenvalue weighted by atomic mass is 9.62. The number of hydrogen-bond donors (Lipinski definition) is 1. The number of benzene rings is 1. The number of piperidine rings is 3. The van der Waals surface area contributed by atoms with Crippen molar-refractivity contribution in [2.45, 2.75) is 19.8 Å². The largest absolute Gasteiger partial charge is 0.323 e. The average molecular weight is 294 g/mol. The number of nitrogens with one attached hydrogen (secondary N) is 1. The fourth-order valence-corrected chi connectivity index (χ4v) is 4.80. The van der Waals surface area contributed by atoms with Crippen LogP contribution in [-0.4, -0.2) is 38.3 Å². The third-order valence-corrected chi connectivity index (χ3v) is 5.67. The van der Waals surface area contributed by atoms with Gasteiger partial charge in [-0.2, -0.15) is 0 Å². The highest BCUT2D eigenvalue weighted by Gasteiger charge is 2.45. The molecule has 4 heteroatoms. The Balaban J connectivity index is 1.56. The maximum absolute atomic E-state index is 12.6. The molecule has 2 unspecified atom stereocenters. The quantitative estimate of drug-likeness (QED) is 0.666. The van der Waals surface area contributed by atoms with Gasteiger partial charge in [0, 0.05) is 25.3 Å². The topological polar surface area (TPSA) is 32.3 Å². The van der Waals surface area contributed by atoms with E-state index >= 15 is 0 Å². The van der Waals surface area contributed by atoms with Gasteiger partial charge in [0.05, 0.1) is 0 Å². The molecule has 1 amide bonds. The number of carbonyl (C=O) groups excluding carboxylic acids is 1. The zero-order valence-electron chi connectivity index (χ0n) is 13.4. The molecule has 3 heterocycles. The van der Waals surface area contributed by atoms with Crippen molar-refractivity contribution in [3.05, 3.63) is 40.9 Å². The summed E-state index contributed by atoms with van der Waals surface area (Å²) >= 11 is 0. The van der Waals surface area contributed by atoms with Crippen molar-refractivity contribution in [3.63, 3.8) is 0 Å². The van der Waals surface area contributed by atoms with Gasteiger partial charge in [-0.05, 0) is 55.1 Å². The van der Waals surface area contributed by atoms with Crippen LogP contribution in [0, 0.1) is 24.7 Å². The lowest BCUT2D eigenvalue weighted by Crippen LogP contribution is -2.55. The molecule has 4 aliphatic rings. The molecule has 0 radical (unpaired) electrons. The molecule has 3 saturated heterocycles. The van der Waals surface area contributed by atoms with Gasteiger partial charge in [0.2, 0.25) is 5.91 Å². The first-order chi connectivity index (χ1) is 10.6. The maximum atomic E-state index is 12.6. The second-order valence-electron chi connectivity index (χ2n) is 7.35. The molecular weight excluding hydrogens is 271 g/mol. The molecule has 22 heavy (non-hydrogen) atoms. The average Bonchev–Trinajstić information content (AvgIpc) is 2.48. The zero-order chi connectivity index (χ0) is 15.3. The van der Waals surface area contributed by atoms with E-state index in [1.54, 1.807) is 0 Å². The third-order valence-electron chi connectivity index (χ3n) is 5.67. The van der Waals surface area contributed by atoms with E-state index in [1.807, 2.05) is 32.1 Å². The van der Waals surface area contributed by atoms with Crippen molar-refractivity contribution in [2.24, 2.45) is 17.8 Å². The molecule has 1 aromatic carbocycles. The monoisotopic (exact) mass is 294 g/mol. The second kappa shape index (κ2) is 5.27. The Kier molecular flexibility index (Phi) is 3.37. The van der Waals surface area contributed by atoms with Crippen LogP contribution in [0.5, 0.6) is 0 Å². The first-order valence-electron chi connectivity index (χ1n) is 8.41. The fourth-order valence-electron chi connectivity index (χ4n) is 4.80. The Bertz CT molecular complexity index is 605. The van der Waals surface area contributed by atoms with Gasteiger partial charge in [-0.25, -0.2) is 0 Å². The summed E-state index contributed by atoms with van der Waals surface area (Å²) in [7, 11) is 2.02. The normalized spacial score (nSPS) is 32.1. The van der Waals surface area contributed by atoms with Gasteiger partial charge in [-0.1, -0.05) is 23.3 Å². The molecule has 4 fully saturated rings. The summed E-state index contributed by atoms with van der Waals surface area (Å²) < 4.78 is 0. The lowest BCUT2D eigenvalue weighted by molar-refractivity contribution is -0.112. The van der Waals surface area contributed by atoms with Crippen LogP contribution in [0.2, 0.25) is 0 Å². The predicted molar refractivity (Wildman–Crippen MR) is 91.5 cm³/mol. The zero-order valence-corrected chi connectivity index (χ0v) is 13.4. The van der Waals surface area contributed by atoms with Crippen LogP contribution in [0.1, 0.15) is 18.4 Å². The van der Waals surface area contributed by atoms with E-state index in [4.69, 9.17) is 0 Å². The molecule has 1 N–H and O–H groups in total. The molecule has 1 aromatic rings. The second-order valence-corrected chi connectivity index (χ2v) is 7.35. The number of amides is 1. The summed E-state index contributed by atoms with van der Waals surface area (Å²) in [4.78, 5) is 15.2. The summed E-state index contributed by atoms with van der Waals surface area (Å²) in [5, 5.41) is 3.07. The predicted octanol–water partition coefficient (Wildman–Crippen LogP) is 1.79. The van der Waals surface area contributed by atoms with E-state index in [2.05, 4.69) is 17.1 Å². The van der Waals surface area contributed by atoms with Crippen molar-refractivity contribution in [3.8, 4) is 0 Å². The molecule has 0 spiro atoms. The van der Waals surface area contributed by atoms with Crippen LogP contribution >= 0.6 is 0 Å². The van der Waals surface area contributed by atoms with Gasteiger partial charge in [0.25, 0.3) is 0 Å². The van der Waals surface area contributed by atoms with E-state index in [0.717, 1.165) is 30.2 Å². The van der Waals surface area contributed by atoms with Crippen molar-refractivity contribution < 1.29 is 4.79 Å². The number of hydrogen-bond acceptors (Lipinski definition) is 2. The standard InChI is InChI=1S/C18H23BN2O/c1-11-2-4-15(5-3-11)20-18(22)17(19)16-13-6-12-7-14(16)10-21(8-12)9-13/h2-5,12-14H,6-10,19H2,1H3,(H,20,22). The van der Waals surface area contributed by atoms with Crippen LogP contribution in [0.15, 0.2) is 35.3 Å². The Hall–Kier alpha value is -1.55. The summed E-state index contributed by atoms with van der Waals surface area (Å²) in [6, 6.07) is 8.03. The van der Waals surface area contributed by atoms with Gasteiger partial charge in [-0.15, -0.1) is 0 Å². The number of aryl methyl sites for hydroxylation is 1. The fraction of sp³-hybridized carbons (Fsp3) is 0.500. The van der Waals surface area contributed by atoms with E-state index < -0.39 is 0 Å². The lowest BCUT2D eigenvalue weighted by Gasteiger charge is -2.53. The third kappa shape index (κ3) is 2.39. The van der Waals surface area contributed by atoms with Gasteiger partial charge in [0.1, 0.15) is 7.85 Å². The summed E-state index contributed by atoms with van der Waals surface area (Å²) in [6.07, 6.45) is 2.58. The summed E-state index contributed by atoms with van der Waals surface area (Å²) in [5.41, 5.74) is 4.53. The molecule has 114 valence electrons. The minimum absolute atomic E-state index is 0.0846. The first kappa shape index (κ1) is 14.1.